The number of amides is 3. The van der Waals surface area contributed by atoms with E-state index in [4.69, 9.17) is 11.5 Å². The van der Waals surface area contributed by atoms with Crippen LogP contribution in [0, 0.1) is 0 Å². The van der Waals surface area contributed by atoms with Crippen molar-refractivity contribution >= 4 is 23.7 Å². The molecule has 0 unspecified atom stereocenters. The summed E-state index contributed by atoms with van der Waals surface area (Å²) in [7, 11) is 0. The average Bonchev–Trinajstić information content (AvgIpc) is 2.99. The molecule has 0 aliphatic heterocycles. The molecule has 0 fully saturated rings. The van der Waals surface area contributed by atoms with Gasteiger partial charge in [-0.05, 0) is 12.5 Å². The third kappa shape index (κ3) is 8.90. The fourth-order valence-corrected chi connectivity index (χ4v) is 3.73. The molecule has 298 valence electrons. The van der Waals surface area contributed by atoms with Crippen LogP contribution in [0.5, 0.6) is 0 Å². The highest BCUT2D eigenvalue weighted by molar-refractivity contribution is 5.94. The van der Waals surface area contributed by atoms with E-state index in [0.717, 1.165) is 6.92 Å². The molecule has 52 heavy (non-hydrogen) atoms. The lowest BCUT2D eigenvalue weighted by atomic mass is 9.88. The van der Waals surface area contributed by atoms with Gasteiger partial charge in [0.05, 0.1) is 25.5 Å². The van der Waals surface area contributed by atoms with Gasteiger partial charge in [-0.25, -0.2) is 0 Å². The molecule has 0 aliphatic rings. The zero-order valence-corrected chi connectivity index (χ0v) is 25.6. The van der Waals surface area contributed by atoms with Crippen molar-refractivity contribution < 1.29 is 98.6 Å². The molecule has 0 saturated carbocycles. The topological polar surface area (TPSA) is 154 Å². The fourth-order valence-electron chi connectivity index (χ4n) is 3.73. The van der Waals surface area contributed by atoms with Crippen LogP contribution in [0.1, 0.15) is 25.3 Å². The van der Waals surface area contributed by atoms with Gasteiger partial charge in [-0.2, -0.15) is 74.6 Å². The molecular weight excluding hydrogens is 771 g/mol. The predicted molar refractivity (Wildman–Crippen MR) is 138 cm³/mol. The third-order valence-electron chi connectivity index (χ3n) is 6.83. The molecule has 0 heterocycles. The number of alkyl halides is 17. The van der Waals surface area contributed by atoms with Crippen LogP contribution in [0.2, 0.25) is 0 Å². The van der Waals surface area contributed by atoms with Crippen molar-refractivity contribution in [2.45, 2.75) is 91.9 Å². The molecule has 1 rings (SSSR count). The lowest BCUT2D eigenvalue weighted by molar-refractivity contribution is -0.461. The van der Waals surface area contributed by atoms with Gasteiger partial charge in [-0.1, -0.05) is 30.3 Å². The van der Waals surface area contributed by atoms with Gasteiger partial charge in [0.25, 0.3) is 0 Å². The summed E-state index contributed by atoms with van der Waals surface area (Å²) in [6, 6.07) is 2.37. The fraction of sp³-hybridized carbons (Fsp3) is 0.615. The molecule has 3 amide bonds. The van der Waals surface area contributed by atoms with E-state index < -0.39 is 109 Å². The van der Waals surface area contributed by atoms with Crippen LogP contribution in [-0.2, 0) is 30.3 Å². The maximum atomic E-state index is 14.1. The van der Waals surface area contributed by atoms with Crippen LogP contribution in [0.3, 0.4) is 0 Å². The molecule has 0 radical (unpaired) electrons. The summed E-state index contributed by atoms with van der Waals surface area (Å²) in [5, 5.41) is 3.84. The van der Waals surface area contributed by atoms with Crippen LogP contribution in [-0.4, -0.2) is 96.1 Å². The van der Waals surface area contributed by atoms with Crippen LogP contribution >= 0.6 is 0 Å². The molecule has 3 atom stereocenters. The van der Waals surface area contributed by atoms with Crippen LogP contribution in [0.4, 0.5) is 74.6 Å². The molecular formula is C26H25F17N4O5. The van der Waals surface area contributed by atoms with Crippen molar-refractivity contribution in [1.82, 2.24) is 10.6 Å². The Morgan fingerprint density at radius 3 is 1.50 bits per heavy atom. The molecule has 1 aromatic rings. The van der Waals surface area contributed by atoms with Crippen molar-refractivity contribution in [3.8, 4) is 0 Å². The van der Waals surface area contributed by atoms with Gasteiger partial charge in [0, 0.05) is 6.42 Å². The highest BCUT2D eigenvalue weighted by atomic mass is 19.4. The Kier molecular flexibility index (Phi) is 13.6. The summed E-state index contributed by atoms with van der Waals surface area (Å²) < 4.78 is 232. The standard InChI is InChI=1S/C26H25F17N4O5/c1-11(44)17(50)47-14(18(51)46-13(16(45)49)9-12-5-3-2-4-6-12)10-15(48)52-8-7-19(27,28)20(29,30)21(31,32)22(33,34)23(35,36)24(37,38)25(39,40)26(41,42)43/h2-6,11,13-14H,7-10,44H2,1H3,(H2,45,49)(H,46,51)(H,47,50)/t11-,13-,14-/m0/s1. The number of rotatable bonds is 18. The SMILES string of the molecule is C[C@H](N)C(=O)N[C@@H](CC(=O)OCCC(F)(F)C(F)(F)C(F)(F)C(F)(F)C(F)(F)C(F)(F)C(F)(F)C(F)(F)F)C(=O)N[C@@H](Cc1ccccc1)C(N)=O. The molecule has 9 nitrogen and oxygen atoms in total. The van der Waals surface area contributed by atoms with Crippen molar-refractivity contribution in [2.75, 3.05) is 6.61 Å². The van der Waals surface area contributed by atoms with E-state index in [9.17, 15) is 93.8 Å². The molecule has 26 heteroatoms. The summed E-state index contributed by atoms with van der Waals surface area (Å²) in [5.41, 5.74) is 10.9. The van der Waals surface area contributed by atoms with E-state index in [0.29, 0.717) is 5.56 Å². The second-order valence-electron chi connectivity index (χ2n) is 10.8. The third-order valence-corrected chi connectivity index (χ3v) is 6.83. The second kappa shape index (κ2) is 15.5. The molecule has 0 spiro atoms. The monoisotopic (exact) mass is 796 g/mol. The van der Waals surface area contributed by atoms with E-state index in [1.165, 1.54) is 24.3 Å². The van der Waals surface area contributed by atoms with E-state index in [1.807, 2.05) is 10.6 Å². The molecule has 0 aromatic heterocycles. The number of benzene rings is 1. The number of hydrogen-bond acceptors (Lipinski definition) is 6. The lowest BCUT2D eigenvalue weighted by Gasteiger charge is -2.42. The summed E-state index contributed by atoms with van der Waals surface area (Å²) in [4.78, 5) is 48.9. The minimum absolute atomic E-state index is 0.290. The van der Waals surface area contributed by atoms with Gasteiger partial charge in [0.15, 0.2) is 0 Å². The van der Waals surface area contributed by atoms with E-state index in [-0.39, 0.29) is 6.42 Å². The average molecular weight is 796 g/mol. The summed E-state index contributed by atoms with van der Waals surface area (Å²) >= 11 is 0. The maximum Gasteiger partial charge on any atom is 0.460 e. The van der Waals surface area contributed by atoms with Gasteiger partial charge in [0.2, 0.25) is 17.7 Å². The van der Waals surface area contributed by atoms with Gasteiger partial charge >= 0.3 is 53.6 Å². The highest BCUT2D eigenvalue weighted by Gasteiger charge is 2.95. The number of hydrogen-bond donors (Lipinski definition) is 4. The normalized spacial score (nSPS) is 15.7. The van der Waals surface area contributed by atoms with E-state index in [1.54, 1.807) is 6.07 Å². The number of halogens is 17. The number of esters is 1. The summed E-state index contributed by atoms with van der Waals surface area (Å²) in [6.07, 6.45) is -12.7. The Bertz CT molecular complexity index is 1440. The Hall–Kier alpha value is -4.13. The number of carbonyl (C=O) groups is 4. The Labute approximate surface area is 279 Å². The quantitative estimate of drug-likeness (QED) is 0.128. The van der Waals surface area contributed by atoms with Crippen molar-refractivity contribution in [3.05, 3.63) is 35.9 Å². The smallest absolute Gasteiger partial charge is 0.460 e. The van der Waals surface area contributed by atoms with Gasteiger partial charge in [0.1, 0.15) is 12.1 Å². The minimum Gasteiger partial charge on any atom is -0.465 e. The Morgan fingerprint density at radius 2 is 1.08 bits per heavy atom. The van der Waals surface area contributed by atoms with Crippen LogP contribution in [0.15, 0.2) is 30.3 Å². The van der Waals surface area contributed by atoms with Crippen molar-refractivity contribution in [1.29, 1.82) is 0 Å². The summed E-state index contributed by atoms with van der Waals surface area (Å²) in [5.74, 6) is -63.7. The number of carbonyl (C=O) groups excluding carboxylic acids is 4. The van der Waals surface area contributed by atoms with Gasteiger partial charge < -0.3 is 26.8 Å². The first-order valence-corrected chi connectivity index (χ1v) is 13.7. The van der Waals surface area contributed by atoms with E-state index >= 15 is 0 Å². The van der Waals surface area contributed by atoms with Crippen molar-refractivity contribution in [2.24, 2.45) is 11.5 Å². The van der Waals surface area contributed by atoms with Gasteiger partial charge in [-0.3, -0.25) is 19.2 Å². The Morgan fingerprint density at radius 1 is 0.654 bits per heavy atom. The zero-order valence-electron chi connectivity index (χ0n) is 25.6. The molecule has 0 aliphatic carbocycles. The second-order valence-corrected chi connectivity index (χ2v) is 10.8. The lowest BCUT2D eigenvalue weighted by Crippen LogP contribution is -2.74. The first-order valence-electron chi connectivity index (χ1n) is 13.7. The molecule has 0 bridgehead atoms. The number of nitrogens with one attached hydrogen (secondary N) is 2. The van der Waals surface area contributed by atoms with Gasteiger partial charge in [-0.15, -0.1) is 0 Å². The minimum atomic E-state index is -8.80. The summed E-state index contributed by atoms with van der Waals surface area (Å²) in [6.45, 7) is -1.25. The van der Waals surface area contributed by atoms with Crippen LogP contribution in [0.25, 0.3) is 0 Å². The first kappa shape index (κ1) is 45.9. The number of ether oxygens (including phenoxy) is 1. The maximum absolute atomic E-state index is 14.1. The molecule has 6 N–H and O–H groups in total. The molecule has 0 saturated heterocycles. The highest BCUT2D eigenvalue weighted by Crippen LogP contribution is 2.64. The predicted octanol–water partition coefficient (Wildman–Crippen LogP) is 4.36. The van der Waals surface area contributed by atoms with Crippen LogP contribution < -0.4 is 22.1 Å². The largest absolute Gasteiger partial charge is 0.465 e. The van der Waals surface area contributed by atoms with Crippen molar-refractivity contribution in [3.63, 3.8) is 0 Å². The Balaban J connectivity index is 3.22. The number of nitrogens with two attached hydrogens (primary N) is 2. The first-order chi connectivity index (χ1) is 23.1. The zero-order chi connectivity index (χ0) is 41.1. The molecule has 1 aromatic carbocycles. The van der Waals surface area contributed by atoms with E-state index in [2.05, 4.69) is 4.74 Å². The number of primary amides is 1.